The Balaban J connectivity index is 1.02. The first kappa shape index (κ1) is 37.5. The van der Waals surface area contributed by atoms with Crippen LogP contribution in [0.2, 0.25) is 18.6 Å². The SMILES string of the molecule is CC1(C)C2=C(CCC=C2)c2ccc(C3=CC4C(C=C3)c3cc5c(-c6ccc(-c7ccccc7)cc6)c6ccccc6c(-c6ccc(C7C=CC=CC7)cc6)c5cc3[Si]4(C)C)cc21. The van der Waals surface area contributed by atoms with Gasteiger partial charge in [-0.25, -0.2) is 0 Å². The van der Waals surface area contributed by atoms with E-state index in [9.17, 15) is 0 Å². The molecule has 1 aliphatic heterocycles. The summed E-state index contributed by atoms with van der Waals surface area (Å²) in [4.78, 5) is 0. The molecule has 7 aromatic rings. The van der Waals surface area contributed by atoms with Gasteiger partial charge in [0.05, 0.1) is 8.07 Å². The molecule has 300 valence electrons. The number of hydrogen-bond acceptors (Lipinski definition) is 0. The first-order chi connectivity index (χ1) is 30.3. The van der Waals surface area contributed by atoms with Crippen molar-refractivity contribution in [3.63, 3.8) is 0 Å². The third-order valence-corrected chi connectivity index (χ3v) is 19.4. The highest BCUT2D eigenvalue weighted by Gasteiger charge is 2.47. The van der Waals surface area contributed by atoms with Crippen LogP contribution >= 0.6 is 0 Å². The first-order valence-corrected chi connectivity index (χ1v) is 25.9. The van der Waals surface area contributed by atoms with Crippen LogP contribution in [0.4, 0.5) is 0 Å². The van der Waals surface area contributed by atoms with E-state index >= 15 is 0 Å². The Morgan fingerprint density at radius 2 is 1.24 bits per heavy atom. The number of hydrogen-bond donors (Lipinski definition) is 0. The summed E-state index contributed by atoms with van der Waals surface area (Å²) in [6.45, 7) is 10.1. The second kappa shape index (κ2) is 14.1. The van der Waals surface area contributed by atoms with E-state index in [2.05, 4.69) is 215 Å². The molecule has 0 saturated heterocycles. The van der Waals surface area contributed by atoms with Crippen molar-refractivity contribution in [3.8, 4) is 33.4 Å². The predicted octanol–water partition coefficient (Wildman–Crippen LogP) is 16.0. The summed E-state index contributed by atoms with van der Waals surface area (Å²) in [5, 5.41) is 6.97. The van der Waals surface area contributed by atoms with Gasteiger partial charge < -0.3 is 0 Å². The summed E-state index contributed by atoms with van der Waals surface area (Å²) in [5.41, 5.74) is 19.9. The van der Waals surface area contributed by atoms with Gasteiger partial charge in [-0.05, 0) is 136 Å². The lowest BCUT2D eigenvalue weighted by molar-refractivity contribution is 0.651. The van der Waals surface area contributed by atoms with E-state index in [1.165, 1.54) is 93.9 Å². The van der Waals surface area contributed by atoms with Crippen molar-refractivity contribution in [2.45, 2.75) is 69.0 Å². The third kappa shape index (κ3) is 5.71. The first-order valence-electron chi connectivity index (χ1n) is 22.8. The average molecular weight is 813 g/mol. The highest BCUT2D eigenvalue weighted by Crippen LogP contribution is 2.54. The molecule has 0 amide bonds. The van der Waals surface area contributed by atoms with Crippen molar-refractivity contribution in [1.29, 1.82) is 0 Å². The fraction of sp³-hybridized carbons (Fsp3) is 0.180. The second-order valence-electron chi connectivity index (χ2n) is 19.5. The molecule has 7 aromatic carbocycles. The summed E-state index contributed by atoms with van der Waals surface area (Å²) in [7, 11) is -2.01. The van der Waals surface area contributed by atoms with Gasteiger partial charge in [0, 0.05) is 17.3 Å². The average Bonchev–Trinajstić information content (AvgIpc) is 3.69. The molecule has 0 radical (unpaired) electrons. The molecule has 0 spiro atoms. The van der Waals surface area contributed by atoms with Crippen LogP contribution in [0.5, 0.6) is 0 Å². The summed E-state index contributed by atoms with van der Waals surface area (Å²) < 4.78 is 0. The molecule has 5 aliphatic rings. The van der Waals surface area contributed by atoms with E-state index in [1.807, 2.05) is 0 Å². The zero-order valence-electron chi connectivity index (χ0n) is 36.3. The minimum absolute atomic E-state index is 0.0300. The largest absolute Gasteiger partial charge is 0.0887 e. The van der Waals surface area contributed by atoms with Crippen molar-refractivity contribution >= 4 is 46.0 Å². The molecule has 0 nitrogen and oxygen atoms in total. The smallest absolute Gasteiger partial charge is 0.0839 e. The van der Waals surface area contributed by atoms with Crippen molar-refractivity contribution in [1.82, 2.24) is 0 Å². The second-order valence-corrected chi connectivity index (χ2v) is 24.1. The molecule has 62 heavy (non-hydrogen) atoms. The van der Waals surface area contributed by atoms with Crippen LogP contribution in [-0.4, -0.2) is 8.07 Å². The number of fused-ring (bicyclic) bond motifs is 7. The molecule has 1 heteroatoms. The van der Waals surface area contributed by atoms with Gasteiger partial charge in [0.25, 0.3) is 0 Å². The fourth-order valence-corrected chi connectivity index (χ4v) is 15.7. The highest BCUT2D eigenvalue weighted by molar-refractivity contribution is 6.93. The lowest BCUT2D eigenvalue weighted by Gasteiger charge is -2.29. The van der Waals surface area contributed by atoms with Crippen LogP contribution in [-0.2, 0) is 5.41 Å². The zero-order valence-corrected chi connectivity index (χ0v) is 37.3. The molecule has 12 rings (SSSR count). The lowest BCUT2D eigenvalue weighted by Crippen LogP contribution is -2.41. The molecular formula is C61H52Si. The Bertz CT molecular complexity index is 3180. The van der Waals surface area contributed by atoms with Crippen molar-refractivity contribution in [2.24, 2.45) is 0 Å². The molecule has 4 aliphatic carbocycles. The maximum absolute atomic E-state index is 2.69. The maximum Gasteiger partial charge on any atom is 0.0887 e. The molecule has 0 fully saturated rings. The lowest BCUT2D eigenvalue weighted by atomic mass is 9.79. The van der Waals surface area contributed by atoms with Gasteiger partial charge in [-0.1, -0.05) is 208 Å². The highest BCUT2D eigenvalue weighted by atomic mass is 28.3. The Morgan fingerprint density at radius 3 is 1.97 bits per heavy atom. The van der Waals surface area contributed by atoms with E-state index in [0.717, 1.165) is 19.3 Å². The molecule has 0 N–H and O–H groups in total. The van der Waals surface area contributed by atoms with Crippen LogP contribution in [0.15, 0.2) is 194 Å². The zero-order chi connectivity index (χ0) is 41.7. The van der Waals surface area contributed by atoms with E-state index < -0.39 is 8.07 Å². The van der Waals surface area contributed by atoms with E-state index in [0.29, 0.717) is 17.4 Å². The van der Waals surface area contributed by atoms with Crippen LogP contribution in [0.1, 0.15) is 72.8 Å². The van der Waals surface area contributed by atoms with Crippen LogP contribution in [0.3, 0.4) is 0 Å². The Labute approximate surface area is 368 Å². The van der Waals surface area contributed by atoms with E-state index in [4.69, 9.17) is 0 Å². The van der Waals surface area contributed by atoms with E-state index in [-0.39, 0.29) is 5.41 Å². The minimum Gasteiger partial charge on any atom is -0.0839 e. The molecular weight excluding hydrogens is 761 g/mol. The Kier molecular flexibility index (Phi) is 8.54. The van der Waals surface area contributed by atoms with Crippen LogP contribution < -0.4 is 5.19 Å². The Morgan fingerprint density at radius 1 is 0.581 bits per heavy atom. The normalized spacial score (nSPS) is 21.2. The number of benzene rings is 7. The topological polar surface area (TPSA) is 0 Å². The quantitative estimate of drug-likeness (QED) is 0.120. The monoisotopic (exact) mass is 812 g/mol. The summed E-state index contributed by atoms with van der Waals surface area (Å²) in [6.07, 6.45) is 24.8. The van der Waals surface area contributed by atoms with E-state index in [1.54, 1.807) is 10.8 Å². The van der Waals surface area contributed by atoms with Gasteiger partial charge in [-0.3, -0.25) is 0 Å². The van der Waals surface area contributed by atoms with Gasteiger partial charge in [0.1, 0.15) is 0 Å². The third-order valence-electron chi connectivity index (χ3n) is 15.4. The molecule has 0 saturated carbocycles. The molecule has 3 atom stereocenters. The standard InChI is InChI=1S/C61H52Si/c1-61(2)55-22-14-13-19-47(55)48-33-31-45(35-56(48)61)46-32-34-49-52-37-53-54(38-58(52)62(3,4)57(49)36-46)60(44-29-25-42(26-30-44)40-17-9-6-10-18-40)51-21-12-11-20-50(51)59(53)43-27-23-41(24-28-43)39-15-7-5-8-16-39/h5-12,14-17,20-38,40,49,57H,13,18-19H2,1-4H3. The minimum atomic E-state index is -2.01. The van der Waals surface area contributed by atoms with Gasteiger partial charge in [-0.15, -0.1) is 0 Å². The maximum atomic E-state index is 2.69. The number of allylic oxidation sites excluding steroid dienone is 12. The summed E-state index contributed by atoms with van der Waals surface area (Å²) in [5.74, 6) is 0.792. The summed E-state index contributed by atoms with van der Waals surface area (Å²) in [6, 6.07) is 51.5. The van der Waals surface area contributed by atoms with Crippen LogP contribution in [0.25, 0.3) is 66.1 Å². The summed E-state index contributed by atoms with van der Waals surface area (Å²) >= 11 is 0. The van der Waals surface area contributed by atoms with Crippen molar-refractivity contribution in [2.75, 3.05) is 0 Å². The van der Waals surface area contributed by atoms with Gasteiger partial charge >= 0.3 is 0 Å². The predicted molar refractivity (Wildman–Crippen MR) is 269 cm³/mol. The van der Waals surface area contributed by atoms with Crippen LogP contribution in [0, 0.1) is 0 Å². The van der Waals surface area contributed by atoms with Gasteiger partial charge in [0.2, 0.25) is 0 Å². The Hall–Kier alpha value is -6.28. The molecule has 0 aromatic heterocycles. The number of rotatable bonds is 5. The van der Waals surface area contributed by atoms with Crippen molar-refractivity contribution < 1.29 is 0 Å². The molecule has 1 heterocycles. The molecule has 3 unspecified atom stereocenters. The molecule has 0 bridgehead atoms. The van der Waals surface area contributed by atoms with Gasteiger partial charge in [-0.2, -0.15) is 0 Å². The van der Waals surface area contributed by atoms with Gasteiger partial charge in [0.15, 0.2) is 0 Å². The fourth-order valence-electron chi connectivity index (χ4n) is 12.1. The van der Waals surface area contributed by atoms with Crippen molar-refractivity contribution in [3.05, 3.63) is 222 Å².